The minimum absolute atomic E-state index is 0.379. The van der Waals surface area contributed by atoms with Gasteiger partial charge in [0.15, 0.2) is 0 Å². The molecule has 130 valence electrons. The lowest BCUT2D eigenvalue weighted by atomic mass is 9.62. The Morgan fingerprint density at radius 1 is 1.20 bits per heavy atom. The fourth-order valence-corrected chi connectivity index (χ4v) is 4.28. The van der Waals surface area contributed by atoms with Crippen LogP contribution in [0.1, 0.15) is 56.8 Å². The number of rotatable bonds is 3. The summed E-state index contributed by atoms with van der Waals surface area (Å²) in [5.74, 6) is 1.79. The van der Waals surface area contributed by atoms with Crippen molar-refractivity contribution in [3.05, 3.63) is 60.0 Å². The Kier molecular flexibility index (Phi) is 4.10. The molecule has 1 N–H and O–H groups in total. The molecule has 3 heteroatoms. The van der Waals surface area contributed by atoms with Gasteiger partial charge in [0, 0.05) is 17.7 Å². The Morgan fingerprint density at radius 3 is 2.76 bits per heavy atom. The highest BCUT2D eigenvalue weighted by molar-refractivity contribution is 5.90. The van der Waals surface area contributed by atoms with Crippen LogP contribution in [0.4, 0.5) is 0 Å². The number of H-pyrrole nitrogens is 1. The van der Waals surface area contributed by atoms with E-state index in [1.807, 2.05) is 30.4 Å². The third-order valence-corrected chi connectivity index (χ3v) is 6.43. The number of hydrogen-bond acceptors (Lipinski definition) is 2. The number of carbonyl (C=O) groups is 1. The van der Waals surface area contributed by atoms with Crippen LogP contribution in [0.25, 0.3) is 5.57 Å². The predicted molar refractivity (Wildman–Crippen MR) is 101 cm³/mol. The molecule has 0 saturated heterocycles. The Labute approximate surface area is 149 Å². The fourth-order valence-electron chi connectivity index (χ4n) is 4.28. The summed E-state index contributed by atoms with van der Waals surface area (Å²) in [6.07, 6.45) is 16.8. The SMILES string of the molecule is C=C1C=CC=C(c2cc(C3(C)CCC(C4CCC4)CC3=O)[nH]n2)C=C1. The lowest BCUT2D eigenvalue weighted by Gasteiger charge is -2.41. The van der Waals surface area contributed by atoms with Crippen molar-refractivity contribution in [3.8, 4) is 0 Å². The van der Waals surface area contributed by atoms with Crippen LogP contribution in [0.2, 0.25) is 0 Å². The van der Waals surface area contributed by atoms with E-state index in [2.05, 4.69) is 29.8 Å². The van der Waals surface area contributed by atoms with E-state index in [-0.39, 0.29) is 0 Å². The van der Waals surface area contributed by atoms with Crippen molar-refractivity contribution in [3.63, 3.8) is 0 Å². The summed E-state index contributed by atoms with van der Waals surface area (Å²) in [5.41, 5.74) is 3.44. The third-order valence-electron chi connectivity index (χ3n) is 6.43. The molecule has 1 aromatic rings. The molecule has 1 aromatic heterocycles. The van der Waals surface area contributed by atoms with Crippen LogP contribution in [0.15, 0.2) is 48.6 Å². The maximum atomic E-state index is 13.0. The predicted octanol–water partition coefficient (Wildman–Crippen LogP) is 4.90. The molecule has 2 fully saturated rings. The fraction of sp³-hybridized carbons (Fsp3) is 0.455. The highest BCUT2D eigenvalue weighted by atomic mass is 16.1. The van der Waals surface area contributed by atoms with Crippen molar-refractivity contribution in [2.45, 2.75) is 50.9 Å². The van der Waals surface area contributed by atoms with Crippen LogP contribution in [0.5, 0.6) is 0 Å². The van der Waals surface area contributed by atoms with Crippen LogP contribution >= 0.6 is 0 Å². The van der Waals surface area contributed by atoms with Crippen LogP contribution in [-0.4, -0.2) is 16.0 Å². The first kappa shape index (κ1) is 16.3. The molecule has 3 nitrogen and oxygen atoms in total. The maximum absolute atomic E-state index is 13.0. The van der Waals surface area contributed by atoms with Gasteiger partial charge in [-0.2, -0.15) is 5.10 Å². The normalized spacial score (nSPS) is 30.1. The molecule has 25 heavy (non-hydrogen) atoms. The number of nitrogens with one attached hydrogen (secondary N) is 1. The molecule has 3 aliphatic carbocycles. The number of Topliss-reactive ketones (excluding diaryl/α,β-unsaturated/α-hetero) is 1. The van der Waals surface area contributed by atoms with E-state index < -0.39 is 5.41 Å². The van der Waals surface area contributed by atoms with E-state index in [9.17, 15) is 4.79 Å². The monoisotopic (exact) mass is 334 g/mol. The lowest BCUT2D eigenvalue weighted by molar-refractivity contribution is -0.128. The molecule has 2 unspecified atom stereocenters. The minimum atomic E-state index is -0.417. The third kappa shape index (κ3) is 2.97. The molecule has 2 saturated carbocycles. The van der Waals surface area contributed by atoms with E-state index in [0.717, 1.165) is 47.7 Å². The number of nitrogens with zero attached hydrogens (tertiary/aromatic N) is 1. The molecular formula is C22H26N2O. The molecular weight excluding hydrogens is 308 g/mol. The summed E-state index contributed by atoms with van der Waals surface area (Å²) in [4.78, 5) is 13.0. The summed E-state index contributed by atoms with van der Waals surface area (Å²) in [6, 6.07) is 2.06. The van der Waals surface area contributed by atoms with Gasteiger partial charge in [0.1, 0.15) is 5.78 Å². The van der Waals surface area contributed by atoms with Crippen molar-refractivity contribution >= 4 is 11.4 Å². The van der Waals surface area contributed by atoms with Crippen molar-refractivity contribution in [2.75, 3.05) is 0 Å². The number of carbonyl (C=O) groups excluding carboxylic acids is 1. The molecule has 0 spiro atoms. The van der Waals surface area contributed by atoms with Crippen molar-refractivity contribution in [2.24, 2.45) is 11.8 Å². The highest BCUT2D eigenvalue weighted by Crippen LogP contribution is 2.45. The quantitative estimate of drug-likeness (QED) is 0.854. The van der Waals surface area contributed by atoms with Crippen LogP contribution < -0.4 is 0 Å². The number of allylic oxidation sites excluding steroid dienone is 7. The van der Waals surface area contributed by atoms with Gasteiger partial charge in [-0.25, -0.2) is 0 Å². The number of ketones is 1. The summed E-state index contributed by atoms with van der Waals surface area (Å²) in [6.45, 7) is 6.04. The van der Waals surface area contributed by atoms with Gasteiger partial charge in [-0.15, -0.1) is 0 Å². The molecule has 0 aliphatic heterocycles. The summed E-state index contributed by atoms with van der Waals surface area (Å²) in [5, 5.41) is 7.64. The topological polar surface area (TPSA) is 45.8 Å². The van der Waals surface area contributed by atoms with Gasteiger partial charge in [0.25, 0.3) is 0 Å². The molecule has 0 amide bonds. The van der Waals surface area contributed by atoms with Gasteiger partial charge < -0.3 is 0 Å². The zero-order valence-corrected chi connectivity index (χ0v) is 14.9. The van der Waals surface area contributed by atoms with Gasteiger partial charge in [0.05, 0.1) is 11.1 Å². The molecule has 3 aliphatic rings. The number of aromatic nitrogens is 2. The summed E-state index contributed by atoms with van der Waals surface area (Å²) in [7, 11) is 0. The van der Waals surface area contributed by atoms with Crippen LogP contribution in [0.3, 0.4) is 0 Å². The van der Waals surface area contributed by atoms with E-state index in [4.69, 9.17) is 0 Å². The van der Waals surface area contributed by atoms with Crippen LogP contribution in [-0.2, 0) is 10.2 Å². The van der Waals surface area contributed by atoms with E-state index in [1.54, 1.807) is 0 Å². The zero-order chi connectivity index (χ0) is 17.4. The average Bonchev–Trinajstić information content (AvgIpc) is 2.94. The Morgan fingerprint density at radius 2 is 2.04 bits per heavy atom. The standard InChI is InChI=1S/C22H26N2O/c1-15-5-3-8-17(10-9-15)19-14-20(24-23-19)22(2)12-11-18(13-21(22)25)16-6-4-7-16/h3,5,8-10,14,16,18H,1,4,6-7,11-13H2,2H3,(H,23,24). The molecule has 0 aromatic carbocycles. The number of hydrogen-bond donors (Lipinski definition) is 1. The van der Waals surface area contributed by atoms with Crippen molar-refractivity contribution in [1.82, 2.24) is 10.2 Å². The average molecular weight is 334 g/mol. The molecule has 0 radical (unpaired) electrons. The Balaban J connectivity index is 1.54. The largest absolute Gasteiger partial charge is 0.299 e. The summed E-state index contributed by atoms with van der Waals surface area (Å²) >= 11 is 0. The maximum Gasteiger partial charge on any atom is 0.144 e. The van der Waals surface area contributed by atoms with E-state index in [1.165, 1.54) is 19.3 Å². The zero-order valence-electron chi connectivity index (χ0n) is 14.9. The smallest absolute Gasteiger partial charge is 0.144 e. The second kappa shape index (κ2) is 6.29. The second-order valence-corrected chi connectivity index (χ2v) is 8.01. The lowest BCUT2D eigenvalue weighted by Crippen LogP contribution is -2.41. The first-order valence-corrected chi connectivity index (χ1v) is 9.41. The molecule has 0 bridgehead atoms. The van der Waals surface area contributed by atoms with Gasteiger partial charge in [0.2, 0.25) is 0 Å². The van der Waals surface area contributed by atoms with Gasteiger partial charge in [-0.3, -0.25) is 9.89 Å². The van der Waals surface area contributed by atoms with Crippen molar-refractivity contribution < 1.29 is 4.79 Å². The Bertz CT molecular complexity index is 791. The Hall–Kier alpha value is -2.16. The van der Waals surface area contributed by atoms with Crippen LogP contribution in [0, 0.1) is 11.8 Å². The highest BCUT2D eigenvalue weighted by Gasteiger charge is 2.44. The molecule has 4 rings (SSSR count). The summed E-state index contributed by atoms with van der Waals surface area (Å²) < 4.78 is 0. The van der Waals surface area contributed by atoms with Gasteiger partial charge in [-0.05, 0) is 43.2 Å². The first-order valence-electron chi connectivity index (χ1n) is 9.41. The number of aromatic amines is 1. The minimum Gasteiger partial charge on any atom is -0.299 e. The second-order valence-electron chi connectivity index (χ2n) is 8.01. The van der Waals surface area contributed by atoms with E-state index in [0.29, 0.717) is 11.7 Å². The van der Waals surface area contributed by atoms with E-state index >= 15 is 0 Å². The van der Waals surface area contributed by atoms with Gasteiger partial charge in [-0.1, -0.05) is 56.2 Å². The molecule has 2 atom stereocenters. The van der Waals surface area contributed by atoms with Gasteiger partial charge >= 0.3 is 0 Å². The molecule has 1 heterocycles. The first-order chi connectivity index (χ1) is 12.1. The van der Waals surface area contributed by atoms with Crippen molar-refractivity contribution in [1.29, 1.82) is 0 Å².